The molecule has 0 aromatic heterocycles. The number of rotatable bonds is 8. The Morgan fingerprint density at radius 1 is 1.32 bits per heavy atom. The molecule has 0 amide bonds. The first-order chi connectivity index (χ1) is 9.24. The lowest BCUT2D eigenvalue weighted by molar-refractivity contribution is 0.237. The molecule has 0 aliphatic heterocycles. The van der Waals surface area contributed by atoms with E-state index in [2.05, 4.69) is 55.4 Å². The van der Waals surface area contributed by atoms with E-state index in [9.17, 15) is 0 Å². The topological polar surface area (TPSA) is 15.3 Å². The lowest BCUT2D eigenvalue weighted by atomic mass is 10.0. The monoisotopic (exact) mass is 260 g/mol. The number of hydrogen-bond acceptors (Lipinski definition) is 2. The smallest absolute Gasteiger partial charge is 0.0449 e. The molecule has 2 heteroatoms. The second kappa shape index (κ2) is 7.06. The van der Waals surface area contributed by atoms with E-state index in [1.165, 1.54) is 43.5 Å². The van der Waals surface area contributed by atoms with E-state index in [1.807, 2.05) is 0 Å². The van der Waals surface area contributed by atoms with Gasteiger partial charge in [0.15, 0.2) is 0 Å². The van der Waals surface area contributed by atoms with Crippen LogP contribution in [0.25, 0.3) is 0 Å². The highest BCUT2D eigenvalue weighted by molar-refractivity contribution is 5.29. The first-order valence-corrected chi connectivity index (χ1v) is 7.69. The van der Waals surface area contributed by atoms with Crippen molar-refractivity contribution in [3.63, 3.8) is 0 Å². The third kappa shape index (κ3) is 4.32. The van der Waals surface area contributed by atoms with Crippen LogP contribution in [-0.4, -0.2) is 31.6 Å². The van der Waals surface area contributed by atoms with Crippen molar-refractivity contribution in [2.24, 2.45) is 5.92 Å². The number of nitrogens with zero attached hydrogens (tertiary/aromatic N) is 1. The van der Waals surface area contributed by atoms with Gasteiger partial charge in [-0.15, -0.1) is 0 Å². The normalized spacial score (nSPS) is 16.8. The lowest BCUT2D eigenvalue weighted by Crippen LogP contribution is -2.36. The van der Waals surface area contributed by atoms with Gasteiger partial charge < -0.3 is 10.2 Å². The van der Waals surface area contributed by atoms with Crippen molar-refractivity contribution in [3.8, 4) is 0 Å². The maximum atomic E-state index is 3.50. The molecule has 106 valence electrons. The molecule has 19 heavy (non-hydrogen) atoms. The van der Waals surface area contributed by atoms with Crippen molar-refractivity contribution in [2.45, 2.75) is 39.2 Å². The molecule has 1 fully saturated rings. The highest BCUT2D eigenvalue weighted by Gasteiger charge is 2.25. The fraction of sp³-hybridized carbons (Fsp3) is 0.647. The van der Waals surface area contributed by atoms with Crippen LogP contribution in [-0.2, 0) is 0 Å². The van der Waals surface area contributed by atoms with Crippen LogP contribution in [0.2, 0.25) is 0 Å². The Morgan fingerprint density at radius 3 is 2.63 bits per heavy atom. The third-order valence-electron chi connectivity index (χ3n) is 4.11. The first-order valence-electron chi connectivity index (χ1n) is 7.69. The summed E-state index contributed by atoms with van der Waals surface area (Å²) < 4.78 is 0. The van der Waals surface area contributed by atoms with E-state index in [0.29, 0.717) is 6.04 Å². The minimum atomic E-state index is 0.450. The van der Waals surface area contributed by atoms with E-state index >= 15 is 0 Å². The Hall–Kier alpha value is -0.860. The van der Waals surface area contributed by atoms with E-state index in [1.54, 1.807) is 0 Å². The predicted octanol–water partition coefficient (Wildman–Crippen LogP) is 3.38. The van der Waals surface area contributed by atoms with Gasteiger partial charge in [-0.05, 0) is 56.8 Å². The van der Waals surface area contributed by atoms with E-state index in [0.717, 1.165) is 12.5 Å². The van der Waals surface area contributed by atoms with Gasteiger partial charge in [-0.25, -0.2) is 0 Å². The summed E-state index contributed by atoms with van der Waals surface area (Å²) in [5, 5.41) is 3.50. The van der Waals surface area contributed by atoms with Crippen molar-refractivity contribution in [3.05, 3.63) is 35.4 Å². The minimum absolute atomic E-state index is 0.450. The van der Waals surface area contributed by atoms with Crippen LogP contribution < -0.4 is 5.32 Å². The van der Waals surface area contributed by atoms with Crippen molar-refractivity contribution in [2.75, 3.05) is 26.7 Å². The molecule has 1 N–H and O–H groups in total. The van der Waals surface area contributed by atoms with Gasteiger partial charge in [0.05, 0.1) is 0 Å². The minimum Gasteiger partial charge on any atom is -0.312 e. The van der Waals surface area contributed by atoms with Gasteiger partial charge in [0.1, 0.15) is 0 Å². The molecule has 0 heterocycles. The SMILES string of the molecule is CCCN(CC1CC1)CC(NC)c1ccccc1C. The molecule has 1 saturated carbocycles. The predicted molar refractivity (Wildman–Crippen MR) is 82.4 cm³/mol. The van der Waals surface area contributed by atoms with Gasteiger partial charge in [-0.2, -0.15) is 0 Å². The second-order valence-corrected chi connectivity index (χ2v) is 5.90. The van der Waals surface area contributed by atoms with Crippen LogP contribution in [0.3, 0.4) is 0 Å². The van der Waals surface area contributed by atoms with Gasteiger partial charge in [-0.1, -0.05) is 31.2 Å². The largest absolute Gasteiger partial charge is 0.312 e. The summed E-state index contributed by atoms with van der Waals surface area (Å²) >= 11 is 0. The highest BCUT2D eigenvalue weighted by Crippen LogP contribution is 2.30. The molecule has 1 atom stereocenters. The number of nitrogens with one attached hydrogen (secondary N) is 1. The molecule has 1 aliphatic rings. The maximum absolute atomic E-state index is 3.50. The molecular formula is C17H28N2. The van der Waals surface area contributed by atoms with Crippen LogP contribution >= 0.6 is 0 Å². The standard InChI is InChI=1S/C17H28N2/c1-4-11-19(12-15-9-10-15)13-17(18-3)16-8-6-5-7-14(16)2/h5-8,15,17-18H,4,9-13H2,1-3H3. The summed E-state index contributed by atoms with van der Waals surface area (Å²) in [6, 6.07) is 9.20. The summed E-state index contributed by atoms with van der Waals surface area (Å²) in [5.74, 6) is 0.973. The zero-order chi connectivity index (χ0) is 13.7. The van der Waals surface area contributed by atoms with Crippen molar-refractivity contribution in [1.82, 2.24) is 10.2 Å². The summed E-state index contributed by atoms with van der Waals surface area (Å²) in [6.45, 7) is 8.14. The van der Waals surface area contributed by atoms with Crippen LogP contribution in [0, 0.1) is 12.8 Å². The van der Waals surface area contributed by atoms with Crippen LogP contribution in [0.4, 0.5) is 0 Å². The zero-order valence-corrected chi connectivity index (χ0v) is 12.7. The first kappa shape index (κ1) is 14.5. The van der Waals surface area contributed by atoms with Crippen LogP contribution in [0.1, 0.15) is 43.4 Å². The molecule has 1 aliphatic carbocycles. The number of hydrogen-bond donors (Lipinski definition) is 1. The van der Waals surface area contributed by atoms with E-state index in [4.69, 9.17) is 0 Å². The molecule has 0 spiro atoms. The van der Waals surface area contributed by atoms with E-state index < -0.39 is 0 Å². The maximum Gasteiger partial charge on any atom is 0.0449 e. The fourth-order valence-electron chi connectivity index (χ4n) is 2.82. The van der Waals surface area contributed by atoms with Crippen LogP contribution in [0.15, 0.2) is 24.3 Å². The zero-order valence-electron chi connectivity index (χ0n) is 12.7. The lowest BCUT2D eigenvalue weighted by Gasteiger charge is -2.28. The summed E-state index contributed by atoms with van der Waals surface area (Å²) in [7, 11) is 2.08. The van der Waals surface area contributed by atoms with Crippen LogP contribution in [0.5, 0.6) is 0 Å². The Kier molecular flexibility index (Phi) is 5.41. The van der Waals surface area contributed by atoms with Gasteiger partial charge in [-0.3, -0.25) is 0 Å². The Labute approximate surface area is 118 Å². The highest BCUT2D eigenvalue weighted by atomic mass is 15.1. The van der Waals surface area contributed by atoms with Gasteiger partial charge >= 0.3 is 0 Å². The summed E-state index contributed by atoms with van der Waals surface area (Å²) in [6.07, 6.45) is 4.13. The third-order valence-corrected chi connectivity index (χ3v) is 4.11. The summed E-state index contributed by atoms with van der Waals surface area (Å²) in [5.41, 5.74) is 2.84. The molecule has 2 rings (SSSR count). The Balaban J connectivity index is 2.01. The molecule has 1 aromatic carbocycles. The number of likely N-dealkylation sites (N-methyl/N-ethyl adjacent to an activating group) is 1. The average molecular weight is 260 g/mol. The quantitative estimate of drug-likeness (QED) is 0.771. The van der Waals surface area contributed by atoms with Gasteiger partial charge in [0, 0.05) is 19.1 Å². The number of aryl methyl sites for hydroxylation is 1. The van der Waals surface area contributed by atoms with Gasteiger partial charge in [0.25, 0.3) is 0 Å². The summed E-state index contributed by atoms with van der Waals surface area (Å²) in [4.78, 5) is 2.64. The molecule has 2 nitrogen and oxygen atoms in total. The fourth-order valence-corrected chi connectivity index (χ4v) is 2.82. The number of benzene rings is 1. The van der Waals surface area contributed by atoms with Crippen molar-refractivity contribution < 1.29 is 0 Å². The Morgan fingerprint density at radius 2 is 2.05 bits per heavy atom. The van der Waals surface area contributed by atoms with E-state index in [-0.39, 0.29) is 0 Å². The van der Waals surface area contributed by atoms with Crippen molar-refractivity contribution in [1.29, 1.82) is 0 Å². The molecule has 1 unspecified atom stereocenters. The second-order valence-electron chi connectivity index (χ2n) is 5.90. The Bertz CT molecular complexity index is 385. The molecular weight excluding hydrogens is 232 g/mol. The molecule has 1 aromatic rings. The molecule has 0 saturated heterocycles. The van der Waals surface area contributed by atoms with Crippen molar-refractivity contribution >= 4 is 0 Å². The molecule has 0 radical (unpaired) electrons. The molecule has 0 bridgehead atoms. The average Bonchev–Trinajstić information content (AvgIpc) is 3.21. The van der Waals surface area contributed by atoms with Gasteiger partial charge in [0.2, 0.25) is 0 Å².